The Morgan fingerprint density at radius 2 is 2.00 bits per heavy atom. The first-order chi connectivity index (χ1) is 9.70. The van der Waals surface area contributed by atoms with Gasteiger partial charge in [0.15, 0.2) is 0 Å². The van der Waals surface area contributed by atoms with Crippen LogP contribution < -0.4 is 11.1 Å². The number of nitrogen functional groups attached to an aromatic ring is 1. The minimum atomic E-state index is 0.549. The summed E-state index contributed by atoms with van der Waals surface area (Å²) in [7, 11) is 2.21. The number of aromatic nitrogens is 2. The van der Waals surface area contributed by atoms with Crippen LogP contribution in [0, 0.1) is 5.92 Å². The third kappa shape index (κ3) is 3.60. The van der Waals surface area contributed by atoms with Crippen LogP contribution in [0.3, 0.4) is 0 Å². The molecule has 3 rings (SSSR count). The van der Waals surface area contributed by atoms with Crippen molar-refractivity contribution in [1.29, 1.82) is 0 Å². The first-order valence-electron chi connectivity index (χ1n) is 7.77. The van der Waals surface area contributed by atoms with Gasteiger partial charge in [-0.15, -0.1) is 0 Å². The molecule has 1 aromatic heterocycles. The normalized spacial score (nSPS) is 21.1. The second kappa shape index (κ2) is 5.95. The lowest BCUT2D eigenvalue weighted by Crippen LogP contribution is -2.30. The minimum Gasteiger partial charge on any atom is -0.384 e. The minimum absolute atomic E-state index is 0.549. The highest BCUT2D eigenvalue weighted by atomic mass is 15.1. The molecule has 2 fully saturated rings. The van der Waals surface area contributed by atoms with Crippen molar-refractivity contribution in [2.75, 3.05) is 37.7 Å². The zero-order valence-corrected chi connectivity index (χ0v) is 12.3. The molecule has 0 unspecified atom stereocenters. The largest absolute Gasteiger partial charge is 0.384 e. The highest BCUT2D eigenvalue weighted by Gasteiger charge is 2.27. The molecule has 1 aliphatic heterocycles. The van der Waals surface area contributed by atoms with Gasteiger partial charge in [0.25, 0.3) is 0 Å². The van der Waals surface area contributed by atoms with Crippen molar-refractivity contribution in [3.63, 3.8) is 0 Å². The highest BCUT2D eigenvalue weighted by Crippen LogP contribution is 2.38. The van der Waals surface area contributed by atoms with Crippen molar-refractivity contribution in [3.8, 4) is 0 Å². The molecule has 2 heterocycles. The third-order valence-corrected chi connectivity index (χ3v) is 4.40. The first kappa shape index (κ1) is 13.6. The van der Waals surface area contributed by atoms with Crippen molar-refractivity contribution < 1.29 is 0 Å². The lowest BCUT2D eigenvalue weighted by atomic mass is 9.94. The molecule has 5 heteroatoms. The van der Waals surface area contributed by atoms with Gasteiger partial charge < -0.3 is 16.0 Å². The number of piperidine rings is 1. The fraction of sp³-hybridized carbons (Fsp3) is 0.733. The van der Waals surface area contributed by atoms with Gasteiger partial charge in [0.2, 0.25) is 0 Å². The van der Waals surface area contributed by atoms with E-state index in [0.717, 1.165) is 24.1 Å². The van der Waals surface area contributed by atoms with E-state index < -0.39 is 0 Å². The Hall–Kier alpha value is -1.36. The van der Waals surface area contributed by atoms with E-state index in [9.17, 15) is 0 Å². The average molecular weight is 275 g/mol. The van der Waals surface area contributed by atoms with E-state index in [1.165, 1.54) is 45.2 Å². The number of likely N-dealkylation sites (tertiary alicyclic amines) is 1. The van der Waals surface area contributed by atoms with Crippen LogP contribution >= 0.6 is 0 Å². The van der Waals surface area contributed by atoms with Crippen molar-refractivity contribution in [2.24, 2.45) is 5.92 Å². The van der Waals surface area contributed by atoms with Gasteiger partial charge in [-0.2, -0.15) is 0 Å². The lowest BCUT2D eigenvalue weighted by Gasteiger charge is -2.28. The Kier molecular flexibility index (Phi) is 4.05. The molecule has 0 radical (unpaired) electrons. The maximum absolute atomic E-state index is 5.86. The summed E-state index contributed by atoms with van der Waals surface area (Å²) < 4.78 is 0. The number of nitrogens with one attached hydrogen (secondary N) is 1. The van der Waals surface area contributed by atoms with E-state index in [0.29, 0.717) is 11.7 Å². The molecule has 20 heavy (non-hydrogen) atoms. The zero-order chi connectivity index (χ0) is 13.9. The molecule has 2 aliphatic rings. The monoisotopic (exact) mass is 275 g/mol. The van der Waals surface area contributed by atoms with E-state index in [1.807, 2.05) is 6.07 Å². The van der Waals surface area contributed by atoms with Crippen LogP contribution in [0.15, 0.2) is 6.07 Å². The second-order valence-corrected chi connectivity index (χ2v) is 6.27. The van der Waals surface area contributed by atoms with Crippen LogP contribution in [0.25, 0.3) is 0 Å². The molecule has 110 valence electrons. The molecule has 0 aromatic carbocycles. The molecule has 3 N–H and O–H groups in total. The fourth-order valence-corrected chi connectivity index (χ4v) is 2.86. The topological polar surface area (TPSA) is 67.1 Å². The zero-order valence-electron chi connectivity index (χ0n) is 12.3. The number of anilines is 2. The van der Waals surface area contributed by atoms with Gasteiger partial charge >= 0.3 is 0 Å². The highest BCUT2D eigenvalue weighted by molar-refractivity contribution is 5.45. The predicted molar refractivity (Wildman–Crippen MR) is 81.7 cm³/mol. The van der Waals surface area contributed by atoms with E-state index >= 15 is 0 Å². The Balaban J connectivity index is 1.48. The van der Waals surface area contributed by atoms with Crippen LogP contribution in [0.1, 0.15) is 43.8 Å². The van der Waals surface area contributed by atoms with Crippen LogP contribution in [-0.4, -0.2) is 41.5 Å². The van der Waals surface area contributed by atoms with Crippen LogP contribution in [0.5, 0.6) is 0 Å². The van der Waals surface area contributed by atoms with E-state index in [-0.39, 0.29) is 0 Å². The molecule has 0 atom stereocenters. The Morgan fingerprint density at radius 3 is 2.70 bits per heavy atom. The maximum Gasteiger partial charge on any atom is 0.136 e. The fourth-order valence-electron chi connectivity index (χ4n) is 2.86. The Bertz CT molecular complexity index is 450. The van der Waals surface area contributed by atoms with Crippen molar-refractivity contribution in [2.45, 2.75) is 38.0 Å². The average Bonchev–Trinajstić information content (AvgIpc) is 3.25. The summed E-state index contributed by atoms with van der Waals surface area (Å²) in [5.41, 5.74) is 5.86. The summed E-state index contributed by atoms with van der Waals surface area (Å²) in [5, 5.41) is 3.42. The van der Waals surface area contributed by atoms with Gasteiger partial charge in [0.1, 0.15) is 17.5 Å². The number of hydrogen-bond donors (Lipinski definition) is 2. The van der Waals surface area contributed by atoms with Crippen LogP contribution in [0.4, 0.5) is 11.6 Å². The molecule has 0 spiro atoms. The molecule has 1 saturated heterocycles. The molecular formula is C15H25N5. The smallest absolute Gasteiger partial charge is 0.136 e. The van der Waals surface area contributed by atoms with Crippen LogP contribution in [0.2, 0.25) is 0 Å². The number of nitrogens with zero attached hydrogens (tertiary/aromatic N) is 3. The standard InChI is InChI=1S/C15H25N5/c1-20-8-5-11(6-9-20)4-7-17-14-10-13(16)18-15(19-14)12-2-3-12/h10-12H,2-9H2,1H3,(H3,16,17,18,19). The summed E-state index contributed by atoms with van der Waals surface area (Å²) in [6, 6.07) is 1.85. The number of hydrogen-bond acceptors (Lipinski definition) is 5. The Labute approximate surface area is 121 Å². The second-order valence-electron chi connectivity index (χ2n) is 6.27. The van der Waals surface area contributed by atoms with Gasteiger partial charge in [-0.25, -0.2) is 9.97 Å². The molecule has 0 bridgehead atoms. The summed E-state index contributed by atoms with van der Waals surface area (Å²) in [5.74, 6) is 3.80. The van der Waals surface area contributed by atoms with Gasteiger partial charge in [0, 0.05) is 18.5 Å². The van der Waals surface area contributed by atoms with Crippen molar-refractivity contribution in [3.05, 3.63) is 11.9 Å². The Morgan fingerprint density at radius 1 is 1.25 bits per heavy atom. The van der Waals surface area contributed by atoms with Gasteiger partial charge in [-0.05, 0) is 58.2 Å². The summed E-state index contributed by atoms with van der Waals surface area (Å²) in [6.45, 7) is 3.45. The molecular weight excluding hydrogens is 250 g/mol. The lowest BCUT2D eigenvalue weighted by molar-refractivity contribution is 0.215. The number of nitrogens with two attached hydrogens (primary N) is 1. The molecule has 5 nitrogen and oxygen atoms in total. The first-order valence-corrected chi connectivity index (χ1v) is 7.77. The molecule has 1 saturated carbocycles. The predicted octanol–water partition coefficient (Wildman–Crippen LogP) is 2.08. The van der Waals surface area contributed by atoms with Gasteiger partial charge in [-0.1, -0.05) is 0 Å². The summed E-state index contributed by atoms with van der Waals surface area (Å²) in [4.78, 5) is 11.3. The quantitative estimate of drug-likeness (QED) is 0.861. The molecule has 1 aromatic rings. The number of rotatable bonds is 5. The van der Waals surface area contributed by atoms with Gasteiger partial charge in [-0.3, -0.25) is 0 Å². The summed E-state index contributed by atoms with van der Waals surface area (Å²) >= 11 is 0. The maximum atomic E-state index is 5.86. The SMILES string of the molecule is CN1CCC(CCNc2cc(N)nc(C3CC3)n2)CC1. The van der Waals surface area contributed by atoms with Crippen LogP contribution in [-0.2, 0) is 0 Å². The molecule has 0 amide bonds. The van der Waals surface area contributed by atoms with E-state index in [2.05, 4.69) is 27.2 Å². The van der Waals surface area contributed by atoms with Crippen molar-refractivity contribution in [1.82, 2.24) is 14.9 Å². The van der Waals surface area contributed by atoms with E-state index in [4.69, 9.17) is 5.73 Å². The molecule has 1 aliphatic carbocycles. The van der Waals surface area contributed by atoms with Gasteiger partial charge in [0.05, 0.1) is 0 Å². The van der Waals surface area contributed by atoms with E-state index in [1.54, 1.807) is 0 Å². The van der Waals surface area contributed by atoms with Crippen molar-refractivity contribution >= 4 is 11.6 Å². The third-order valence-electron chi connectivity index (χ3n) is 4.40. The summed E-state index contributed by atoms with van der Waals surface area (Å²) in [6.07, 6.45) is 6.27.